The number of nitrogens with one attached hydrogen (secondary N) is 1. The van der Waals surface area contributed by atoms with Crippen molar-refractivity contribution < 1.29 is 4.42 Å². The van der Waals surface area contributed by atoms with Gasteiger partial charge in [0.2, 0.25) is 7.28 Å². The van der Waals surface area contributed by atoms with Crippen LogP contribution in [0.15, 0.2) is 150 Å². The molecule has 72 heavy (non-hydrogen) atoms. The SMILES string of the molecule is CC(C)(C)c1ccc(Nc2cc3c(cc2-c2c4c(c5c6cc(C(C)(C)C)ccc6n6c5c2Bc2oc5ccc(-c7ccccc7)cc5c2-6)C(C)(C)c2ccccc2-4)-c2ccc(C(C)(C)C)cc2C3(C)C)cc1. The molecule has 0 saturated heterocycles. The quantitative estimate of drug-likeness (QED) is 0.178. The number of hydrogen-bond acceptors (Lipinski definition) is 2. The number of fused-ring (bicyclic) bond motifs is 14. The van der Waals surface area contributed by atoms with Crippen LogP contribution in [0.2, 0.25) is 0 Å². The van der Waals surface area contributed by atoms with E-state index in [2.05, 4.69) is 245 Å². The Morgan fingerprint density at radius 3 is 1.88 bits per heavy atom. The molecule has 0 atom stereocenters. The molecule has 10 aromatic rings. The van der Waals surface area contributed by atoms with Crippen molar-refractivity contribution in [3.05, 3.63) is 185 Å². The molecular formula is C68H65BN2O. The molecule has 4 heteroatoms. The first-order valence-electron chi connectivity index (χ1n) is 26.2. The molecule has 356 valence electrons. The maximum atomic E-state index is 7.20. The maximum absolute atomic E-state index is 7.20. The third kappa shape index (κ3) is 6.36. The lowest BCUT2D eigenvalue weighted by atomic mass is 9.60. The van der Waals surface area contributed by atoms with Gasteiger partial charge in [-0.3, -0.25) is 0 Å². The van der Waals surface area contributed by atoms with Gasteiger partial charge in [0.15, 0.2) is 0 Å². The van der Waals surface area contributed by atoms with E-state index >= 15 is 0 Å². The summed E-state index contributed by atoms with van der Waals surface area (Å²) in [5.41, 5.74) is 28.4. The summed E-state index contributed by atoms with van der Waals surface area (Å²) in [6, 6.07) is 55.6. The summed E-state index contributed by atoms with van der Waals surface area (Å²) >= 11 is 0. The summed E-state index contributed by atoms with van der Waals surface area (Å²) in [7, 11) is 0.655. The van der Waals surface area contributed by atoms with E-state index in [-0.39, 0.29) is 27.1 Å². The maximum Gasteiger partial charge on any atom is 0.244 e. The minimum atomic E-state index is -0.305. The highest BCUT2D eigenvalue weighted by Crippen LogP contribution is 2.59. The summed E-state index contributed by atoms with van der Waals surface area (Å²) in [4.78, 5) is 0. The van der Waals surface area contributed by atoms with Crippen molar-refractivity contribution in [1.29, 1.82) is 0 Å². The van der Waals surface area contributed by atoms with Crippen LogP contribution in [0.25, 0.3) is 83.0 Å². The van der Waals surface area contributed by atoms with Gasteiger partial charge in [-0.25, -0.2) is 0 Å². The van der Waals surface area contributed by atoms with Gasteiger partial charge >= 0.3 is 0 Å². The van der Waals surface area contributed by atoms with Crippen LogP contribution in [0.3, 0.4) is 0 Å². The highest BCUT2D eigenvalue weighted by molar-refractivity contribution is 6.73. The van der Waals surface area contributed by atoms with Crippen molar-refractivity contribution in [1.82, 2.24) is 4.57 Å². The zero-order chi connectivity index (χ0) is 50.2. The molecule has 2 aromatic heterocycles. The lowest BCUT2D eigenvalue weighted by Crippen LogP contribution is -2.37. The third-order valence-corrected chi connectivity index (χ3v) is 17.0. The topological polar surface area (TPSA) is 30.1 Å². The van der Waals surface area contributed by atoms with Gasteiger partial charge in [-0.15, -0.1) is 0 Å². The second-order valence-electron chi connectivity index (χ2n) is 25.5. The summed E-state index contributed by atoms with van der Waals surface area (Å²) < 4.78 is 9.82. The largest absolute Gasteiger partial charge is 0.469 e. The Kier molecular flexibility index (Phi) is 9.21. The normalized spacial score (nSPS) is 15.1. The summed E-state index contributed by atoms with van der Waals surface area (Å²) in [6.07, 6.45) is 0. The van der Waals surface area contributed by atoms with Crippen molar-refractivity contribution in [3.8, 4) is 50.2 Å². The molecule has 2 aliphatic carbocycles. The highest BCUT2D eigenvalue weighted by Gasteiger charge is 2.45. The Labute approximate surface area is 426 Å². The van der Waals surface area contributed by atoms with E-state index in [0.29, 0.717) is 7.28 Å². The average Bonchev–Trinajstić information content (AvgIpc) is 4.01. The van der Waals surface area contributed by atoms with Crippen LogP contribution < -0.4 is 16.4 Å². The van der Waals surface area contributed by atoms with Gasteiger partial charge in [0.05, 0.1) is 16.9 Å². The monoisotopic (exact) mass is 937 g/mol. The van der Waals surface area contributed by atoms with E-state index in [1.54, 1.807) is 0 Å². The molecule has 13 rings (SSSR count). The number of benzene rings is 8. The van der Waals surface area contributed by atoms with Crippen molar-refractivity contribution >= 4 is 62.6 Å². The Morgan fingerprint density at radius 2 is 1.15 bits per heavy atom. The summed E-state index contributed by atoms with van der Waals surface area (Å²) in [5.74, 6) is 0. The van der Waals surface area contributed by atoms with Crippen molar-refractivity contribution in [3.63, 3.8) is 0 Å². The number of rotatable bonds is 4. The average molecular weight is 937 g/mol. The molecule has 0 amide bonds. The van der Waals surface area contributed by atoms with Gasteiger partial charge < -0.3 is 14.3 Å². The van der Waals surface area contributed by atoms with E-state index < -0.39 is 0 Å². The third-order valence-electron chi connectivity index (χ3n) is 17.0. The number of anilines is 2. The molecule has 3 aliphatic rings. The van der Waals surface area contributed by atoms with Gasteiger partial charge in [0.25, 0.3) is 0 Å². The first-order chi connectivity index (χ1) is 34.1. The molecule has 0 bridgehead atoms. The summed E-state index contributed by atoms with van der Waals surface area (Å²) in [6.45, 7) is 30.7. The molecule has 0 fully saturated rings. The Balaban J connectivity index is 1.19. The number of nitrogens with zero attached hydrogens (tertiary/aromatic N) is 1. The van der Waals surface area contributed by atoms with Crippen LogP contribution in [-0.4, -0.2) is 11.8 Å². The molecule has 3 nitrogen and oxygen atoms in total. The number of hydrogen-bond donors (Lipinski definition) is 1. The molecule has 1 N–H and O–H groups in total. The van der Waals surface area contributed by atoms with Crippen LogP contribution >= 0.6 is 0 Å². The predicted octanol–water partition coefficient (Wildman–Crippen LogP) is 16.8. The van der Waals surface area contributed by atoms with E-state index in [1.807, 2.05) is 0 Å². The van der Waals surface area contributed by atoms with Crippen LogP contribution in [0.5, 0.6) is 0 Å². The highest BCUT2D eigenvalue weighted by atomic mass is 16.3. The minimum Gasteiger partial charge on any atom is -0.469 e. The van der Waals surface area contributed by atoms with Gasteiger partial charge in [-0.1, -0.05) is 187 Å². The van der Waals surface area contributed by atoms with Gasteiger partial charge in [0.1, 0.15) is 5.58 Å². The molecule has 0 spiro atoms. The van der Waals surface area contributed by atoms with Crippen molar-refractivity contribution in [2.24, 2.45) is 0 Å². The first kappa shape index (κ1) is 44.9. The van der Waals surface area contributed by atoms with Crippen LogP contribution in [-0.2, 0) is 27.1 Å². The van der Waals surface area contributed by atoms with Gasteiger partial charge in [-0.05, 0) is 148 Å². The van der Waals surface area contributed by atoms with Crippen LogP contribution in [0.1, 0.15) is 129 Å². The molecular weight excluding hydrogens is 872 g/mol. The van der Waals surface area contributed by atoms with Crippen molar-refractivity contribution in [2.45, 2.75) is 117 Å². The smallest absolute Gasteiger partial charge is 0.244 e. The van der Waals surface area contributed by atoms with Crippen LogP contribution in [0.4, 0.5) is 11.4 Å². The van der Waals surface area contributed by atoms with Gasteiger partial charge in [0, 0.05) is 49.4 Å². The standard InChI is InChI=1S/C68H65BN2O/c1-64(2,3)40-24-28-43(29-25-40)70-53-37-52-46(44-30-26-42(66(7,8)9)35-51(44)67(52,10)11)36-47(53)57-56-45-21-17-18-22-50(45)68(12,13)59(56)58-48-34-41(65(4,5)6)27-31-54(48)71-61-49-33-39(38-19-15-14-16-20-38)23-32-55(49)72-63(61)69-60(57)62(58)71/h14-37,69-70H,1-13H3. The zero-order valence-corrected chi connectivity index (χ0v) is 44.4. The van der Waals surface area contributed by atoms with E-state index in [0.717, 1.165) is 33.7 Å². The van der Waals surface area contributed by atoms with Gasteiger partial charge in [-0.2, -0.15) is 0 Å². The predicted molar refractivity (Wildman–Crippen MR) is 309 cm³/mol. The summed E-state index contributed by atoms with van der Waals surface area (Å²) in [5, 5.41) is 7.94. The molecule has 0 radical (unpaired) electrons. The fourth-order valence-electron chi connectivity index (χ4n) is 13.0. The van der Waals surface area contributed by atoms with E-state index in [1.165, 1.54) is 111 Å². The molecule has 8 aromatic carbocycles. The molecule has 3 heterocycles. The Bertz CT molecular complexity index is 3950. The number of furan rings is 1. The lowest BCUT2D eigenvalue weighted by Gasteiger charge is -2.29. The van der Waals surface area contributed by atoms with E-state index in [4.69, 9.17) is 4.42 Å². The molecule has 1 aliphatic heterocycles. The lowest BCUT2D eigenvalue weighted by molar-refractivity contribution is 0.584. The first-order valence-corrected chi connectivity index (χ1v) is 26.2. The minimum absolute atomic E-state index is 0.0283. The Morgan fingerprint density at radius 1 is 0.500 bits per heavy atom. The number of aromatic nitrogens is 1. The second-order valence-corrected chi connectivity index (χ2v) is 25.5. The van der Waals surface area contributed by atoms with E-state index in [9.17, 15) is 0 Å². The fourth-order valence-corrected chi connectivity index (χ4v) is 13.0. The fraction of sp³-hybridized carbons (Fsp3) is 0.265. The Hall–Kier alpha value is -7.04. The zero-order valence-electron chi connectivity index (χ0n) is 44.4. The molecule has 0 unspecified atom stereocenters. The second kappa shape index (κ2) is 14.8. The molecule has 0 saturated carbocycles. The van der Waals surface area contributed by atoms with Crippen molar-refractivity contribution in [2.75, 3.05) is 5.32 Å². The van der Waals surface area contributed by atoms with Crippen LogP contribution in [0, 0.1) is 0 Å².